The van der Waals surface area contributed by atoms with Crippen LogP contribution in [0, 0.1) is 0 Å². The van der Waals surface area contributed by atoms with Crippen LogP contribution in [0.25, 0.3) is 0 Å². The van der Waals surface area contributed by atoms with Gasteiger partial charge < -0.3 is 0 Å². The van der Waals surface area contributed by atoms with Crippen LogP contribution in [-0.2, 0) is 0 Å². The van der Waals surface area contributed by atoms with Gasteiger partial charge in [0.25, 0.3) is 7.71 Å². The van der Waals surface area contributed by atoms with Gasteiger partial charge in [-0.05, 0) is 23.2 Å². The molecule has 7 heteroatoms. The Labute approximate surface area is 96.2 Å². The molecule has 0 saturated carbocycles. The Bertz CT molecular complexity index is 172. The molecule has 0 radical (unpaired) electrons. The number of rotatable bonds is 4. The lowest BCUT2D eigenvalue weighted by Crippen LogP contribution is -2.43. The van der Waals surface area contributed by atoms with Crippen LogP contribution >= 0.6 is 30.9 Å². The largest absolute Gasteiger partial charge is 0.413 e. The Kier molecular flexibility index (Phi) is 5.05. The van der Waals surface area contributed by atoms with Gasteiger partial charge in [-0.25, -0.2) is 0 Å². The fourth-order valence-electron chi connectivity index (χ4n) is 1.75. The smallest absolute Gasteiger partial charge is 0.162 e. The molecule has 0 aromatic rings. The SMILES string of the molecule is CN(C)[P+](N(C)C)(N(C)C)C(F)(Cl)Cl. The Hall–Kier alpha value is 0.820. The van der Waals surface area contributed by atoms with Gasteiger partial charge in [0.1, 0.15) is 0 Å². The third-order valence-electron chi connectivity index (χ3n) is 2.01. The van der Waals surface area contributed by atoms with Crippen LogP contribution < -0.4 is 0 Å². The number of nitrogens with zero attached hydrogens (tertiary/aromatic N) is 3. The second-order valence-electron chi connectivity index (χ2n) is 3.58. The van der Waals surface area contributed by atoms with Crippen LogP contribution in [0.5, 0.6) is 0 Å². The highest BCUT2D eigenvalue weighted by Crippen LogP contribution is 2.76. The quantitative estimate of drug-likeness (QED) is 0.571. The third kappa shape index (κ3) is 2.31. The molecule has 0 fully saturated rings. The minimum atomic E-state index is -2.53. The van der Waals surface area contributed by atoms with Gasteiger partial charge in [0.15, 0.2) is 0 Å². The lowest BCUT2D eigenvalue weighted by molar-refractivity contribution is 0.383. The summed E-state index contributed by atoms with van der Waals surface area (Å²) in [5, 5.41) is 0. The van der Waals surface area contributed by atoms with Gasteiger partial charge in [-0.2, -0.15) is 4.39 Å². The Morgan fingerprint density at radius 2 is 1.07 bits per heavy atom. The average Bonchev–Trinajstić information content (AvgIpc) is 1.79. The van der Waals surface area contributed by atoms with Crippen LogP contribution in [-0.4, -0.2) is 60.6 Å². The molecule has 0 amide bonds. The van der Waals surface area contributed by atoms with Crippen molar-refractivity contribution in [3.8, 4) is 0 Å². The number of alkyl halides is 3. The van der Waals surface area contributed by atoms with Crippen molar-refractivity contribution in [1.82, 2.24) is 14.0 Å². The van der Waals surface area contributed by atoms with E-state index in [9.17, 15) is 4.39 Å². The Morgan fingerprint density at radius 1 is 0.857 bits per heavy atom. The van der Waals surface area contributed by atoms with E-state index in [1.165, 1.54) is 0 Å². The van der Waals surface area contributed by atoms with E-state index < -0.39 is 12.0 Å². The molecule has 0 saturated heterocycles. The van der Waals surface area contributed by atoms with Crippen LogP contribution in [0.3, 0.4) is 0 Å². The predicted octanol–water partition coefficient (Wildman–Crippen LogP) is 2.49. The molecular formula is C7H18Cl2FN3P+. The van der Waals surface area contributed by atoms with Crippen LogP contribution in [0.1, 0.15) is 0 Å². The van der Waals surface area contributed by atoms with Crippen molar-refractivity contribution in [3.63, 3.8) is 0 Å². The molecule has 0 rings (SSSR count). The van der Waals surface area contributed by atoms with E-state index in [1.807, 2.05) is 0 Å². The molecule has 0 atom stereocenters. The summed E-state index contributed by atoms with van der Waals surface area (Å²) >= 11 is 11.3. The second-order valence-corrected chi connectivity index (χ2v) is 9.49. The summed E-state index contributed by atoms with van der Waals surface area (Å²) < 4.78 is 16.9. The maximum Gasteiger partial charge on any atom is 0.413 e. The minimum Gasteiger partial charge on any atom is -0.162 e. The summed E-state index contributed by atoms with van der Waals surface area (Å²) in [4.78, 5) is 0. The maximum atomic E-state index is 13.9. The molecule has 0 spiro atoms. The zero-order chi connectivity index (χ0) is 11.7. The van der Waals surface area contributed by atoms with Crippen molar-refractivity contribution in [2.75, 3.05) is 42.3 Å². The number of halogens is 3. The molecule has 0 aliphatic heterocycles. The highest BCUT2D eigenvalue weighted by atomic mass is 35.5. The molecule has 0 aliphatic carbocycles. The standard InChI is InChI=1S/C7H18Cl2FN3P/c1-11(2)14(12(3)4,13(5)6)7(8,9)10/h1-6H3/q+1. The van der Waals surface area contributed by atoms with E-state index in [-0.39, 0.29) is 0 Å². The van der Waals surface area contributed by atoms with Gasteiger partial charge >= 0.3 is 4.33 Å². The molecule has 14 heavy (non-hydrogen) atoms. The second kappa shape index (κ2) is 4.77. The van der Waals surface area contributed by atoms with Gasteiger partial charge in [-0.15, -0.1) is 14.0 Å². The van der Waals surface area contributed by atoms with Crippen molar-refractivity contribution < 1.29 is 4.39 Å². The Balaban J connectivity index is 5.40. The van der Waals surface area contributed by atoms with E-state index in [0.29, 0.717) is 0 Å². The van der Waals surface area contributed by atoms with Crippen molar-refractivity contribution in [2.45, 2.75) is 4.33 Å². The lowest BCUT2D eigenvalue weighted by Gasteiger charge is -2.41. The molecule has 0 unspecified atom stereocenters. The van der Waals surface area contributed by atoms with Gasteiger partial charge in [0.2, 0.25) is 0 Å². The molecule has 3 nitrogen and oxygen atoms in total. The van der Waals surface area contributed by atoms with E-state index in [4.69, 9.17) is 23.2 Å². The van der Waals surface area contributed by atoms with Crippen LogP contribution in [0.4, 0.5) is 4.39 Å². The Morgan fingerprint density at radius 3 is 1.07 bits per heavy atom. The molecule has 86 valence electrons. The zero-order valence-electron chi connectivity index (χ0n) is 9.42. The van der Waals surface area contributed by atoms with E-state index in [1.54, 1.807) is 56.3 Å². The van der Waals surface area contributed by atoms with E-state index >= 15 is 0 Å². The average molecular weight is 265 g/mol. The van der Waals surface area contributed by atoms with E-state index in [0.717, 1.165) is 0 Å². The van der Waals surface area contributed by atoms with Crippen molar-refractivity contribution in [1.29, 1.82) is 0 Å². The van der Waals surface area contributed by atoms with Crippen LogP contribution in [0.2, 0.25) is 0 Å². The predicted molar refractivity (Wildman–Crippen MR) is 63.5 cm³/mol. The van der Waals surface area contributed by atoms with Gasteiger partial charge in [0, 0.05) is 42.3 Å². The van der Waals surface area contributed by atoms with Crippen molar-refractivity contribution >= 4 is 30.9 Å². The fraction of sp³-hybridized carbons (Fsp3) is 1.00. The van der Waals surface area contributed by atoms with Gasteiger partial charge in [-0.1, -0.05) is 0 Å². The molecule has 0 bridgehead atoms. The summed E-state index contributed by atoms with van der Waals surface area (Å²) in [6.07, 6.45) is 0. The first-order valence-electron chi connectivity index (χ1n) is 4.07. The number of hydrogen-bond acceptors (Lipinski definition) is 3. The topological polar surface area (TPSA) is 9.72 Å². The van der Waals surface area contributed by atoms with Crippen molar-refractivity contribution in [2.24, 2.45) is 0 Å². The lowest BCUT2D eigenvalue weighted by atomic mass is 11.2. The number of hydrogen-bond donors (Lipinski definition) is 0. The molecule has 0 aromatic carbocycles. The molecule has 0 aliphatic rings. The van der Waals surface area contributed by atoms with Gasteiger partial charge in [-0.3, -0.25) is 0 Å². The summed E-state index contributed by atoms with van der Waals surface area (Å²) in [6, 6.07) is 0. The minimum absolute atomic E-state index is 1.74. The maximum absolute atomic E-state index is 13.9. The third-order valence-corrected chi connectivity index (χ3v) is 7.40. The monoisotopic (exact) mass is 264 g/mol. The first kappa shape index (κ1) is 14.8. The molecular weight excluding hydrogens is 247 g/mol. The molecule has 0 N–H and O–H groups in total. The van der Waals surface area contributed by atoms with Crippen molar-refractivity contribution in [3.05, 3.63) is 0 Å². The normalized spacial score (nSPS) is 14.6. The first-order valence-corrected chi connectivity index (χ1v) is 6.48. The fourth-order valence-corrected chi connectivity index (χ4v) is 7.98. The molecule has 0 aromatic heterocycles. The van der Waals surface area contributed by atoms with E-state index in [2.05, 4.69) is 0 Å². The molecule has 0 heterocycles. The first-order chi connectivity index (χ1) is 6.08. The summed E-state index contributed by atoms with van der Waals surface area (Å²) in [6.45, 7) is 0. The zero-order valence-corrected chi connectivity index (χ0v) is 11.8. The summed E-state index contributed by atoms with van der Waals surface area (Å²) in [5.41, 5.74) is 0. The highest BCUT2D eigenvalue weighted by Gasteiger charge is 2.66. The highest BCUT2D eigenvalue weighted by molar-refractivity contribution is 7.73. The summed E-state index contributed by atoms with van der Waals surface area (Å²) in [5.74, 6) is 0. The summed E-state index contributed by atoms with van der Waals surface area (Å²) in [7, 11) is 8.09. The van der Waals surface area contributed by atoms with Crippen LogP contribution in [0.15, 0.2) is 0 Å². The van der Waals surface area contributed by atoms with Gasteiger partial charge in [0.05, 0.1) is 0 Å².